The van der Waals surface area contributed by atoms with Crippen molar-refractivity contribution in [2.75, 3.05) is 19.0 Å². The number of hydrogen-bond donors (Lipinski definition) is 1. The summed E-state index contributed by atoms with van der Waals surface area (Å²) in [5.74, 6) is 1.25. The summed E-state index contributed by atoms with van der Waals surface area (Å²) in [5.41, 5.74) is 1.10. The summed E-state index contributed by atoms with van der Waals surface area (Å²) >= 11 is 0. The Hall–Kier alpha value is -3.20. The van der Waals surface area contributed by atoms with Crippen molar-refractivity contribution in [2.24, 2.45) is 0 Å². The Labute approximate surface area is 146 Å². The molecule has 1 atom stereocenters. The summed E-state index contributed by atoms with van der Waals surface area (Å²) in [6.07, 6.45) is -0.742. The van der Waals surface area contributed by atoms with Crippen LogP contribution in [0.2, 0.25) is 0 Å². The molecule has 2 aromatic rings. The number of carbonyl (C=O) groups excluding carboxylic acids is 1. The van der Waals surface area contributed by atoms with E-state index in [1.165, 1.54) is 7.11 Å². The number of nitrogens with zero attached hydrogens (tertiary/aromatic N) is 1. The molecule has 0 aliphatic heterocycles. The summed E-state index contributed by atoms with van der Waals surface area (Å²) in [6.45, 7) is 4.14. The Morgan fingerprint density at radius 1 is 1.20 bits per heavy atom. The topological polar surface area (TPSA) is 80.6 Å². The number of nitriles is 1. The van der Waals surface area contributed by atoms with Gasteiger partial charge < -0.3 is 19.5 Å². The molecule has 0 fully saturated rings. The largest absolute Gasteiger partial charge is 0.494 e. The number of benzene rings is 2. The molecule has 6 heteroatoms. The van der Waals surface area contributed by atoms with Crippen molar-refractivity contribution in [3.8, 4) is 23.3 Å². The number of ether oxygens (including phenoxy) is 3. The van der Waals surface area contributed by atoms with Gasteiger partial charge in [-0.2, -0.15) is 5.26 Å². The molecule has 25 heavy (non-hydrogen) atoms. The van der Waals surface area contributed by atoms with Crippen LogP contribution in [-0.2, 0) is 4.79 Å². The lowest BCUT2D eigenvalue weighted by atomic mass is 10.2. The first kappa shape index (κ1) is 18.1. The zero-order chi connectivity index (χ0) is 18.2. The van der Waals surface area contributed by atoms with E-state index >= 15 is 0 Å². The van der Waals surface area contributed by atoms with Gasteiger partial charge in [0.2, 0.25) is 0 Å². The van der Waals surface area contributed by atoms with Crippen molar-refractivity contribution in [1.82, 2.24) is 0 Å². The molecule has 0 aliphatic rings. The van der Waals surface area contributed by atoms with Crippen molar-refractivity contribution in [1.29, 1.82) is 5.26 Å². The molecule has 0 bridgehead atoms. The number of anilines is 1. The van der Waals surface area contributed by atoms with Crippen molar-refractivity contribution in [2.45, 2.75) is 20.0 Å². The van der Waals surface area contributed by atoms with E-state index in [1.807, 2.05) is 13.0 Å². The molecular formula is C19H20N2O4. The molecule has 6 nitrogen and oxygen atoms in total. The van der Waals surface area contributed by atoms with Gasteiger partial charge in [-0.25, -0.2) is 0 Å². The summed E-state index contributed by atoms with van der Waals surface area (Å²) in [7, 11) is 1.48. The molecule has 0 unspecified atom stereocenters. The number of amides is 1. The van der Waals surface area contributed by atoms with E-state index in [4.69, 9.17) is 19.5 Å². The third-order valence-corrected chi connectivity index (χ3v) is 3.40. The molecule has 0 saturated carbocycles. The van der Waals surface area contributed by atoms with Crippen molar-refractivity contribution in [3.05, 3.63) is 48.0 Å². The van der Waals surface area contributed by atoms with Crippen molar-refractivity contribution in [3.63, 3.8) is 0 Å². The predicted molar refractivity (Wildman–Crippen MR) is 94.0 cm³/mol. The van der Waals surface area contributed by atoms with Crippen molar-refractivity contribution >= 4 is 11.6 Å². The lowest BCUT2D eigenvalue weighted by Gasteiger charge is -2.17. The fourth-order valence-corrected chi connectivity index (χ4v) is 2.12. The molecule has 1 N–H and O–H groups in total. The van der Waals surface area contributed by atoms with Gasteiger partial charge in [0.15, 0.2) is 17.6 Å². The van der Waals surface area contributed by atoms with E-state index < -0.39 is 6.10 Å². The molecule has 0 saturated heterocycles. The smallest absolute Gasteiger partial charge is 0.265 e. The SMILES string of the molecule is CCOc1ccc(NC(=O)[C@@H](C)Oc2ccc(C#N)cc2OC)cc1. The van der Waals surface area contributed by atoms with E-state index in [2.05, 4.69) is 5.32 Å². The normalized spacial score (nSPS) is 11.1. The van der Waals surface area contributed by atoms with Gasteiger partial charge in [-0.1, -0.05) is 0 Å². The van der Waals surface area contributed by atoms with Crippen LogP contribution in [0, 0.1) is 11.3 Å². The Morgan fingerprint density at radius 3 is 2.52 bits per heavy atom. The highest BCUT2D eigenvalue weighted by Gasteiger charge is 2.17. The first-order valence-electron chi connectivity index (χ1n) is 7.86. The number of methoxy groups -OCH3 is 1. The van der Waals surface area contributed by atoms with E-state index in [-0.39, 0.29) is 5.91 Å². The number of carbonyl (C=O) groups is 1. The van der Waals surface area contributed by atoms with Crippen molar-refractivity contribution < 1.29 is 19.0 Å². The molecule has 0 aliphatic carbocycles. The first-order chi connectivity index (χ1) is 12.1. The first-order valence-corrected chi connectivity index (χ1v) is 7.86. The molecule has 130 valence electrons. The van der Waals surface area contributed by atoms with Crippen LogP contribution in [0.15, 0.2) is 42.5 Å². The van der Waals surface area contributed by atoms with Gasteiger partial charge in [0.1, 0.15) is 5.75 Å². The van der Waals surface area contributed by atoms with Crippen LogP contribution in [0.1, 0.15) is 19.4 Å². The molecule has 2 rings (SSSR count). The second-order valence-corrected chi connectivity index (χ2v) is 5.18. The fraction of sp³-hybridized carbons (Fsp3) is 0.263. The summed E-state index contributed by atoms with van der Waals surface area (Å²) in [4.78, 5) is 12.3. The van der Waals surface area contributed by atoms with E-state index in [0.717, 1.165) is 5.75 Å². The standard InChI is InChI=1S/C19H20N2O4/c1-4-24-16-8-6-15(7-9-16)21-19(22)13(2)25-17-10-5-14(12-20)11-18(17)23-3/h5-11,13H,4H2,1-3H3,(H,21,22)/t13-/m1/s1. The zero-order valence-electron chi connectivity index (χ0n) is 14.4. The highest BCUT2D eigenvalue weighted by molar-refractivity contribution is 5.94. The predicted octanol–water partition coefficient (Wildman–Crippen LogP) is 3.37. The summed E-state index contributed by atoms with van der Waals surface area (Å²) < 4.78 is 16.2. The third kappa shape index (κ3) is 4.88. The average molecular weight is 340 g/mol. The second-order valence-electron chi connectivity index (χ2n) is 5.18. The number of hydrogen-bond acceptors (Lipinski definition) is 5. The maximum absolute atomic E-state index is 12.3. The molecule has 0 heterocycles. The van der Waals surface area contributed by atoms with Gasteiger partial charge in [0.05, 0.1) is 25.3 Å². The van der Waals surface area contributed by atoms with Crippen LogP contribution in [0.25, 0.3) is 0 Å². The van der Waals surface area contributed by atoms with Gasteiger partial charge in [0.25, 0.3) is 5.91 Å². The Morgan fingerprint density at radius 2 is 1.92 bits per heavy atom. The Balaban J connectivity index is 2.01. The van der Waals surface area contributed by atoms with E-state index in [1.54, 1.807) is 49.4 Å². The molecule has 0 aromatic heterocycles. The Bertz CT molecular complexity index is 766. The Kier molecular flexibility index (Phi) is 6.24. The molecule has 2 aromatic carbocycles. The fourth-order valence-electron chi connectivity index (χ4n) is 2.12. The van der Waals surface area contributed by atoms with Gasteiger partial charge in [0, 0.05) is 11.8 Å². The summed E-state index contributed by atoms with van der Waals surface area (Å²) in [6, 6.07) is 13.9. The molecule has 0 radical (unpaired) electrons. The van der Waals surface area contributed by atoms with E-state index in [0.29, 0.717) is 29.4 Å². The molecule has 1 amide bonds. The molecule has 0 spiro atoms. The second kappa shape index (κ2) is 8.60. The quantitative estimate of drug-likeness (QED) is 0.836. The number of rotatable bonds is 7. The van der Waals surface area contributed by atoms with Crippen LogP contribution in [0.4, 0.5) is 5.69 Å². The molecular weight excluding hydrogens is 320 g/mol. The maximum Gasteiger partial charge on any atom is 0.265 e. The minimum absolute atomic E-state index is 0.296. The monoisotopic (exact) mass is 340 g/mol. The number of nitrogens with one attached hydrogen (secondary N) is 1. The lowest BCUT2D eigenvalue weighted by Crippen LogP contribution is -2.30. The van der Waals surface area contributed by atoms with Gasteiger partial charge in [-0.3, -0.25) is 4.79 Å². The third-order valence-electron chi connectivity index (χ3n) is 3.40. The average Bonchev–Trinajstić information content (AvgIpc) is 2.63. The highest BCUT2D eigenvalue weighted by Crippen LogP contribution is 2.29. The zero-order valence-corrected chi connectivity index (χ0v) is 14.4. The highest BCUT2D eigenvalue weighted by atomic mass is 16.5. The van der Waals surface area contributed by atoms with Gasteiger partial charge in [-0.05, 0) is 50.2 Å². The van der Waals surface area contributed by atoms with Crippen LogP contribution >= 0.6 is 0 Å². The summed E-state index contributed by atoms with van der Waals surface area (Å²) in [5, 5.41) is 11.7. The van der Waals surface area contributed by atoms with Crippen LogP contribution in [0.5, 0.6) is 17.2 Å². The van der Waals surface area contributed by atoms with Gasteiger partial charge in [-0.15, -0.1) is 0 Å². The van der Waals surface area contributed by atoms with Gasteiger partial charge >= 0.3 is 0 Å². The maximum atomic E-state index is 12.3. The van der Waals surface area contributed by atoms with Crippen LogP contribution in [-0.4, -0.2) is 25.7 Å². The van der Waals surface area contributed by atoms with Crippen LogP contribution < -0.4 is 19.5 Å². The van der Waals surface area contributed by atoms with Crippen LogP contribution in [0.3, 0.4) is 0 Å². The minimum Gasteiger partial charge on any atom is -0.494 e. The lowest BCUT2D eigenvalue weighted by molar-refractivity contribution is -0.122. The minimum atomic E-state index is -0.742. The van der Waals surface area contributed by atoms with E-state index in [9.17, 15) is 4.79 Å².